The Bertz CT molecular complexity index is 452. The number of nitrogens with one attached hydrogen (secondary N) is 1. The topological polar surface area (TPSA) is 60.0 Å². The molecule has 0 radical (unpaired) electrons. The highest BCUT2D eigenvalue weighted by atomic mass is 35.5. The molecule has 1 fully saturated rings. The van der Waals surface area contributed by atoms with Crippen LogP contribution in [0.25, 0.3) is 0 Å². The van der Waals surface area contributed by atoms with E-state index in [4.69, 9.17) is 30.9 Å². The Balaban J connectivity index is 1.99. The van der Waals surface area contributed by atoms with Crippen molar-refractivity contribution in [2.24, 2.45) is 0 Å². The molecule has 2 rings (SSSR count). The van der Waals surface area contributed by atoms with Crippen LogP contribution in [0.3, 0.4) is 0 Å². The summed E-state index contributed by atoms with van der Waals surface area (Å²) in [5.41, 5.74) is 0.980. The second-order valence-corrected chi connectivity index (χ2v) is 5.37. The highest BCUT2D eigenvalue weighted by Gasteiger charge is 2.21. The molecule has 0 aromatic heterocycles. The van der Waals surface area contributed by atoms with Gasteiger partial charge in [0.1, 0.15) is 6.61 Å². The number of hydrogen-bond donors (Lipinski definition) is 2. The van der Waals surface area contributed by atoms with Crippen molar-refractivity contribution in [2.45, 2.75) is 25.4 Å². The first-order valence-electron chi connectivity index (χ1n) is 7.15. The zero-order valence-corrected chi connectivity index (χ0v) is 13.0. The minimum absolute atomic E-state index is 0.0147. The zero-order valence-electron chi connectivity index (χ0n) is 12.2. The summed E-state index contributed by atoms with van der Waals surface area (Å²) in [6, 6.07) is 4.24. The second kappa shape index (κ2) is 8.44. The van der Waals surface area contributed by atoms with Crippen LogP contribution in [0.5, 0.6) is 11.5 Å². The van der Waals surface area contributed by atoms with E-state index < -0.39 is 0 Å². The van der Waals surface area contributed by atoms with Gasteiger partial charge in [0.25, 0.3) is 0 Å². The molecule has 1 aromatic rings. The largest absolute Gasteiger partial charge is 0.493 e. The quantitative estimate of drug-likeness (QED) is 0.647. The fourth-order valence-corrected chi connectivity index (χ4v) is 2.21. The van der Waals surface area contributed by atoms with Crippen LogP contribution in [0.1, 0.15) is 18.4 Å². The molecule has 21 heavy (non-hydrogen) atoms. The van der Waals surface area contributed by atoms with Crippen LogP contribution in [0, 0.1) is 0 Å². The summed E-state index contributed by atoms with van der Waals surface area (Å²) < 4.78 is 16.3. The minimum Gasteiger partial charge on any atom is -0.493 e. The van der Waals surface area contributed by atoms with Crippen LogP contribution in [0.2, 0.25) is 5.02 Å². The first-order chi connectivity index (χ1) is 10.2. The van der Waals surface area contributed by atoms with Gasteiger partial charge in [-0.05, 0) is 18.9 Å². The molecule has 118 valence electrons. The smallest absolute Gasteiger partial charge is 0.165 e. The van der Waals surface area contributed by atoms with Gasteiger partial charge in [0, 0.05) is 29.2 Å². The Morgan fingerprint density at radius 1 is 1.29 bits per heavy atom. The third kappa shape index (κ3) is 5.36. The van der Waals surface area contributed by atoms with E-state index >= 15 is 0 Å². The molecule has 0 spiro atoms. The predicted octanol–water partition coefficient (Wildman–Crippen LogP) is 1.99. The van der Waals surface area contributed by atoms with Crippen LogP contribution in [-0.2, 0) is 11.3 Å². The molecule has 1 aliphatic rings. The summed E-state index contributed by atoms with van der Waals surface area (Å²) in [5, 5.41) is 12.7. The van der Waals surface area contributed by atoms with Crippen molar-refractivity contribution >= 4 is 11.6 Å². The number of ether oxygens (including phenoxy) is 3. The van der Waals surface area contributed by atoms with E-state index in [1.54, 1.807) is 13.2 Å². The number of aliphatic hydroxyl groups excluding tert-OH is 1. The summed E-state index contributed by atoms with van der Waals surface area (Å²) in [6.07, 6.45) is 2.45. The molecule has 0 amide bonds. The summed E-state index contributed by atoms with van der Waals surface area (Å²) in [4.78, 5) is 0. The van der Waals surface area contributed by atoms with Crippen LogP contribution >= 0.6 is 11.6 Å². The van der Waals surface area contributed by atoms with Crippen molar-refractivity contribution in [2.75, 3.05) is 33.5 Å². The molecule has 0 saturated heterocycles. The number of benzene rings is 1. The molecule has 1 aromatic carbocycles. The van der Waals surface area contributed by atoms with Gasteiger partial charge in [-0.15, -0.1) is 0 Å². The predicted molar refractivity (Wildman–Crippen MR) is 81.3 cm³/mol. The van der Waals surface area contributed by atoms with E-state index in [9.17, 15) is 0 Å². The van der Waals surface area contributed by atoms with Crippen molar-refractivity contribution in [1.29, 1.82) is 0 Å². The third-order valence-electron chi connectivity index (χ3n) is 3.18. The molecule has 1 saturated carbocycles. The molecule has 6 heteroatoms. The molecule has 0 aliphatic heterocycles. The van der Waals surface area contributed by atoms with Gasteiger partial charge in [0.2, 0.25) is 0 Å². The zero-order chi connectivity index (χ0) is 15.1. The first kappa shape index (κ1) is 16.4. The van der Waals surface area contributed by atoms with E-state index in [2.05, 4.69) is 5.32 Å². The van der Waals surface area contributed by atoms with Crippen LogP contribution in [-0.4, -0.2) is 44.7 Å². The Morgan fingerprint density at radius 3 is 2.76 bits per heavy atom. The van der Waals surface area contributed by atoms with Crippen molar-refractivity contribution in [3.05, 3.63) is 22.7 Å². The minimum atomic E-state index is 0.0147. The van der Waals surface area contributed by atoms with Gasteiger partial charge in [0.15, 0.2) is 11.5 Å². The van der Waals surface area contributed by atoms with E-state index in [0.29, 0.717) is 48.9 Å². The van der Waals surface area contributed by atoms with E-state index in [1.165, 1.54) is 12.8 Å². The first-order valence-corrected chi connectivity index (χ1v) is 7.53. The summed E-state index contributed by atoms with van der Waals surface area (Å²) in [6.45, 7) is 1.85. The Kier molecular flexibility index (Phi) is 6.57. The van der Waals surface area contributed by atoms with Crippen LogP contribution in [0.4, 0.5) is 0 Å². The van der Waals surface area contributed by atoms with Crippen molar-refractivity contribution in [3.8, 4) is 11.5 Å². The van der Waals surface area contributed by atoms with Crippen molar-refractivity contribution in [1.82, 2.24) is 5.32 Å². The summed E-state index contributed by atoms with van der Waals surface area (Å²) >= 11 is 6.12. The normalized spacial score (nSPS) is 14.2. The van der Waals surface area contributed by atoms with Gasteiger partial charge in [-0.25, -0.2) is 0 Å². The Morgan fingerprint density at radius 2 is 2.10 bits per heavy atom. The lowest BCUT2D eigenvalue weighted by atomic mass is 10.2. The van der Waals surface area contributed by atoms with E-state index in [1.807, 2.05) is 6.07 Å². The van der Waals surface area contributed by atoms with Gasteiger partial charge in [-0.3, -0.25) is 0 Å². The molecule has 1 aliphatic carbocycles. The molecule has 0 heterocycles. The number of aliphatic hydroxyl groups is 1. The molecule has 2 N–H and O–H groups in total. The summed E-state index contributed by atoms with van der Waals surface area (Å²) in [7, 11) is 1.60. The van der Waals surface area contributed by atoms with E-state index in [0.717, 1.165) is 5.56 Å². The standard InChI is InChI=1S/C15H22ClNO4/c1-19-14-9-12(16)8-11(10-17-13-2-3-13)15(14)21-7-6-20-5-4-18/h8-9,13,17-18H,2-7,10H2,1H3. The summed E-state index contributed by atoms with van der Waals surface area (Å²) in [5.74, 6) is 1.32. The lowest BCUT2D eigenvalue weighted by Crippen LogP contribution is -2.17. The maximum Gasteiger partial charge on any atom is 0.165 e. The fourth-order valence-electron chi connectivity index (χ4n) is 1.98. The molecule has 5 nitrogen and oxygen atoms in total. The SMILES string of the molecule is COc1cc(Cl)cc(CNC2CC2)c1OCCOCCO. The third-order valence-corrected chi connectivity index (χ3v) is 3.40. The van der Waals surface area contributed by atoms with Crippen LogP contribution < -0.4 is 14.8 Å². The molecular weight excluding hydrogens is 294 g/mol. The average Bonchev–Trinajstić information content (AvgIpc) is 3.30. The molecule has 0 atom stereocenters. The number of halogens is 1. The number of hydrogen-bond acceptors (Lipinski definition) is 5. The lowest BCUT2D eigenvalue weighted by Gasteiger charge is -2.16. The van der Waals surface area contributed by atoms with E-state index in [-0.39, 0.29) is 6.61 Å². The van der Waals surface area contributed by atoms with Gasteiger partial charge >= 0.3 is 0 Å². The highest BCUT2D eigenvalue weighted by Crippen LogP contribution is 2.35. The fraction of sp³-hybridized carbons (Fsp3) is 0.600. The lowest BCUT2D eigenvalue weighted by molar-refractivity contribution is 0.0696. The van der Waals surface area contributed by atoms with Gasteiger partial charge in [-0.2, -0.15) is 0 Å². The number of rotatable bonds is 10. The monoisotopic (exact) mass is 315 g/mol. The average molecular weight is 316 g/mol. The second-order valence-electron chi connectivity index (χ2n) is 4.94. The van der Waals surface area contributed by atoms with Crippen molar-refractivity contribution in [3.63, 3.8) is 0 Å². The highest BCUT2D eigenvalue weighted by molar-refractivity contribution is 6.30. The maximum absolute atomic E-state index is 8.66. The molecular formula is C15H22ClNO4. The molecule has 0 bridgehead atoms. The van der Waals surface area contributed by atoms with Crippen molar-refractivity contribution < 1.29 is 19.3 Å². The number of methoxy groups -OCH3 is 1. The van der Waals surface area contributed by atoms with Gasteiger partial charge in [0.05, 0.1) is 26.9 Å². The maximum atomic E-state index is 8.66. The van der Waals surface area contributed by atoms with Gasteiger partial charge in [-0.1, -0.05) is 11.6 Å². The molecule has 0 unspecified atom stereocenters. The van der Waals surface area contributed by atoms with Gasteiger partial charge < -0.3 is 24.6 Å². The van der Waals surface area contributed by atoms with Crippen LogP contribution in [0.15, 0.2) is 12.1 Å². The Hall–Kier alpha value is -1.01. The Labute approximate surface area is 130 Å².